The Morgan fingerprint density at radius 2 is 1.35 bits per heavy atom. The molecule has 8 rings (SSSR count). The number of imide groups is 2. The van der Waals surface area contributed by atoms with Gasteiger partial charge in [0, 0.05) is 17.0 Å². The molecule has 4 aromatic carbocycles. The highest BCUT2D eigenvalue weighted by Crippen LogP contribution is 2.66. The zero-order valence-corrected chi connectivity index (χ0v) is 29.5. The van der Waals surface area contributed by atoms with Gasteiger partial charge in [-0.3, -0.25) is 28.9 Å². The van der Waals surface area contributed by atoms with Crippen molar-refractivity contribution in [1.82, 2.24) is 0 Å². The van der Waals surface area contributed by atoms with E-state index in [1.807, 2.05) is 12.1 Å². The predicted octanol–water partition coefficient (Wildman–Crippen LogP) is 7.15. The van der Waals surface area contributed by atoms with Gasteiger partial charge in [0.15, 0.2) is 15.5 Å². The highest BCUT2D eigenvalue weighted by Gasteiger charge is 2.76. The number of carbonyl (C=O) groups is 5. The molecular formula is C41H31Cl2FN2O6. The quantitative estimate of drug-likeness (QED) is 0.101. The SMILES string of the molecule is Cc1cc([C@H]2C3=CC[C@@H]4C(=O)N(c5ccc(C(=O)c6ccccc6)cc5)C(=O)[C@@H]4[C@@H]3C[C@@]3(Cl)C(=O)N(c4ccc(F)cc4)C(=O)[C@@]23Cl)cc(C)c1O. The van der Waals surface area contributed by atoms with Gasteiger partial charge < -0.3 is 5.11 Å². The third kappa shape index (κ3) is 4.68. The second kappa shape index (κ2) is 12.0. The first-order valence-electron chi connectivity index (χ1n) is 16.9. The molecule has 11 heteroatoms. The maximum atomic E-state index is 14.6. The minimum absolute atomic E-state index is 0.0556. The lowest BCUT2D eigenvalue weighted by atomic mass is 9.56. The average Bonchev–Trinajstić information content (AvgIpc) is 3.48. The monoisotopic (exact) mass is 736 g/mol. The molecule has 8 nitrogen and oxygen atoms in total. The Balaban J connectivity index is 1.22. The maximum absolute atomic E-state index is 14.6. The number of hydrogen-bond donors (Lipinski definition) is 1. The van der Waals surface area contributed by atoms with E-state index in [1.165, 1.54) is 12.1 Å². The van der Waals surface area contributed by atoms with Crippen LogP contribution in [-0.2, 0) is 19.2 Å². The largest absolute Gasteiger partial charge is 0.507 e. The summed E-state index contributed by atoms with van der Waals surface area (Å²) in [6, 6.07) is 23.3. The van der Waals surface area contributed by atoms with E-state index in [1.54, 1.807) is 74.5 Å². The predicted molar refractivity (Wildman–Crippen MR) is 193 cm³/mol. The number of halogens is 3. The Bertz CT molecular complexity index is 2240. The van der Waals surface area contributed by atoms with E-state index < -0.39 is 62.9 Å². The smallest absolute Gasteiger partial charge is 0.258 e. The number of phenolic OH excluding ortho intramolecular Hbond substituents is 1. The Hall–Kier alpha value is -5.12. The van der Waals surface area contributed by atoms with Crippen LogP contribution in [0.15, 0.2) is 103 Å². The number of hydrogen-bond acceptors (Lipinski definition) is 6. The number of aryl methyl sites for hydroxylation is 2. The lowest BCUT2D eigenvalue weighted by Crippen LogP contribution is -2.60. The van der Waals surface area contributed by atoms with E-state index >= 15 is 0 Å². The zero-order valence-electron chi connectivity index (χ0n) is 28.0. The van der Waals surface area contributed by atoms with Gasteiger partial charge >= 0.3 is 0 Å². The van der Waals surface area contributed by atoms with E-state index in [0.29, 0.717) is 39.1 Å². The van der Waals surface area contributed by atoms with E-state index in [2.05, 4.69) is 0 Å². The van der Waals surface area contributed by atoms with Crippen molar-refractivity contribution in [3.63, 3.8) is 0 Å². The van der Waals surface area contributed by atoms with Crippen molar-refractivity contribution >= 4 is 64.0 Å². The number of alkyl halides is 2. The molecular weight excluding hydrogens is 706 g/mol. The minimum Gasteiger partial charge on any atom is -0.507 e. The van der Waals surface area contributed by atoms with Crippen LogP contribution in [0.4, 0.5) is 15.8 Å². The molecule has 4 aromatic rings. The summed E-state index contributed by atoms with van der Waals surface area (Å²) in [7, 11) is 0. The molecule has 4 aliphatic rings. The molecule has 0 radical (unpaired) electrons. The van der Waals surface area contributed by atoms with Gasteiger partial charge in [-0.05, 0) is 97.8 Å². The average molecular weight is 738 g/mol. The number of carbonyl (C=O) groups excluding carboxylic acids is 5. The summed E-state index contributed by atoms with van der Waals surface area (Å²) in [4.78, 5) is 68.5. The standard InChI is InChI=1S/C41H31Cl2FN2O6/c1-21-18-25(19-22(2)34(21)47)33-29-16-17-30-32(31(29)20-40(42)38(51)46(39(52)41(33,40)43)28-14-10-26(44)11-15-28)37(50)45(36(30)49)27-12-8-24(9-13-27)35(48)23-6-4-3-5-7-23/h3-16,18-19,30-33,47H,17,20H2,1-2H3/t30-,31+,32-,33-,40+,41-/m0/s1. The Morgan fingerprint density at radius 3 is 1.98 bits per heavy atom. The van der Waals surface area contributed by atoms with Gasteiger partial charge in [0.1, 0.15) is 11.6 Å². The van der Waals surface area contributed by atoms with Crippen LogP contribution in [0.3, 0.4) is 0 Å². The molecule has 0 unspecified atom stereocenters. The van der Waals surface area contributed by atoms with Crippen LogP contribution in [0, 0.1) is 37.4 Å². The number of benzene rings is 4. The van der Waals surface area contributed by atoms with Gasteiger partial charge in [-0.25, -0.2) is 9.29 Å². The van der Waals surface area contributed by atoms with Crippen molar-refractivity contribution in [1.29, 1.82) is 0 Å². The first-order valence-corrected chi connectivity index (χ1v) is 17.6. The third-order valence-corrected chi connectivity index (χ3v) is 12.6. The third-order valence-electron chi connectivity index (χ3n) is 11.2. The summed E-state index contributed by atoms with van der Waals surface area (Å²) >= 11 is 14.9. The molecule has 3 fully saturated rings. The molecule has 2 heterocycles. The molecule has 0 spiro atoms. The van der Waals surface area contributed by atoms with Crippen LogP contribution in [-0.4, -0.2) is 44.3 Å². The van der Waals surface area contributed by atoms with Gasteiger partial charge in [0.25, 0.3) is 11.8 Å². The molecule has 0 aromatic heterocycles. The second-order valence-electron chi connectivity index (χ2n) is 14.0. The fourth-order valence-electron chi connectivity index (χ4n) is 8.70. The van der Waals surface area contributed by atoms with Crippen molar-refractivity contribution in [2.45, 2.75) is 42.4 Å². The maximum Gasteiger partial charge on any atom is 0.258 e. The fraction of sp³-hybridized carbons (Fsp3) is 0.244. The van der Waals surface area contributed by atoms with Crippen molar-refractivity contribution in [3.05, 3.63) is 136 Å². The van der Waals surface area contributed by atoms with E-state index in [4.69, 9.17) is 23.2 Å². The summed E-state index contributed by atoms with van der Waals surface area (Å²) in [6.07, 6.45) is 1.78. The van der Waals surface area contributed by atoms with Gasteiger partial charge in [-0.1, -0.05) is 54.1 Å². The topological polar surface area (TPSA) is 112 Å². The summed E-state index contributed by atoms with van der Waals surface area (Å²) in [5, 5.41) is 10.7. The van der Waals surface area contributed by atoms with Crippen molar-refractivity contribution < 1.29 is 33.5 Å². The number of ketones is 1. The first kappa shape index (κ1) is 34.0. The number of aromatic hydroxyl groups is 1. The molecule has 262 valence electrons. The molecule has 0 bridgehead atoms. The van der Waals surface area contributed by atoms with Gasteiger partial charge in [-0.2, -0.15) is 0 Å². The Kier molecular flexibility index (Phi) is 7.82. The number of anilines is 2. The van der Waals surface area contributed by atoms with E-state index in [0.717, 1.165) is 21.9 Å². The normalized spacial score (nSPS) is 28.1. The van der Waals surface area contributed by atoms with E-state index in [-0.39, 0.29) is 30.1 Å². The number of nitrogens with zero attached hydrogens (tertiary/aromatic N) is 2. The summed E-state index contributed by atoms with van der Waals surface area (Å²) < 4.78 is 13.9. The molecule has 4 amide bonds. The minimum atomic E-state index is -2.09. The van der Waals surface area contributed by atoms with Crippen molar-refractivity contribution in [2.75, 3.05) is 9.80 Å². The van der Waals surface area contributed by atoms with E-state index in [9.17, 15) is 33.5 Å². The lowest BCUT2D eigenvalue weighted by molar-refractivity contribution is -0.125. The molecule has 2 aliphatic heterocycles. The Labute approximate surface area is 308 Å². The molecule has 6 atom stereocenters. The fourth-order valence-corrected chi connectivity index (χ4v) is 9.64. The number of fused-ring (bicyclic) bond motifs is 4. The molecule has 2 saturated heterocycles. The number of phenols is 1. The number of amides is 4. The van der Waals surface area contributed by atoms with Crippen LogP contribution in [0.25, 0.3) is 0 Å². The highest BCUT2D eigenvalue weighted by atomic mass is 35.5. The van der Waals surface area contributed by atoms with Crippen molar-refractivity contribution in [2.24, 2.45) is 17.8 Å². The van der Waals surface area contributed by atoms with Gasteiger partial charge in [0.05, 0.1) is 23.2 Å². The van der Waals surface area contributed by atoms with Gasteiger partial charge in [-0.15, -0.1) is 23.2 Å². The lowest BCUT2D eigenvalue weighted by Gasteiger charge is -2.50. The highest BCUT2D eigenvalue weighted by molar-refractivity contribution is 6.58. The van der Waals surface area contributed by atoms with Crippen molar-refractivity contribution in [3.8, 4) is 5.75 Å². The first-order chi connectivity index (χ1) is 24.8. The van der Waals surface area contributed by atoms with Crippen LogP contribution in [0.5, 0.6) is 5.75 Å². The molecule has 1 saturated carbocycles. The van der Waals surface area contributed by atoms with Crippen LogP contribution >= 0.6 is 23.2 Å². The number of rotatable bonds is 5. The summed E-state index contributed by atoms with van der Waals surface area (Å²) in [5.74, 6) is -6.75. The second-order valence-corrected chi connectivity index (χ2v) is 15.2. The molecule has 52 heavy (non-hydrogen) atoms. The number of allylic oxidation sites excluding steroid dienone is 2. The Morgan fingerprint density at radius 1 is 0.769 bits per heavy atom. The molecule has 1 N–H and O–H groups in total. The van der Waals surface area contributed by atoms with Crippen LogP contribution in [0.1, 0.15) is 51.4 Å². The molecule has 2 aliphatic carbocycles. The summed E-state index contributed by atoms with van der Waals surface area (Å²) in [5.41, 5.74) is 3.41. The van der Waals surface area contributed by atoms with Crippen LogP contribution in [0.2, 0.25) is 0 Å². The zero-order chi connectivity index (χ0) is 36.9. The van der Waals surface area contributed by atoms with Gasteiger partial charge in [0.2, 0.25) is 11.8 Å². The van der Waals surface area contributed by atoms with Crippen LogP contribution < -0.4 is 9.80 Å². The summed E-state index contributed by atoms with van der Waals surface area (Å²) in [6.45, 7) is 3.41.